The first-order valence-electron chi connectivity index (χ1n) is 5.69. The quantitative estimate of drug-likeness (QED) is 0.276. The average Bonchev–Trinajstić information content (AvgIpc) is 2.48. The monoisotopic (exact) mass is 514 g/mol. The van der Waals surface area contributed by atoms with E-state index in [0.29, 0.717) is 4.47 Å². The van der Waals surface area contributed by atoms with Crippen molar-refractivity contribution >= 4 is 71.1 Å². The first-order chi connectivity index (χ1) is 10.7. The highest BCUT2D eigenvalue weighted by molar-refractivity contribution is 9.11. The molecule has 0 bridgehead atoms. The molecule has 0 aliphatic heterocycles. The van der Waals surface area contributed by atoms with Gasteiger partial charge in [0.25, 0.3) is 5.69 Å². The molecule has 1 N–H and O–H groups in total. The zero-order valence-corrected chi connectivity index (χ0v) is 16.4. The predicted molar refractivity (Wildman–Crippen MR) is 91.9 cm³/mol. The van der Waals surface area contributed by atoms with Crippen LogP contribution in [0.5, 0.6) is 0 Å². The Balaban J connectivity index is 3.42. The highest BCUT2D eigenvalue weighted by Crippen LogP contribution is 2.43. The summed E-state index contributed by atoms with van der Waals surface area (Å²) in [6, 6.07) is 1.43. The van der Waals surface area contributed by atoms with Gasteiger partial charge < -0.3 is 14.8 Å². The fraction of sp³-hybridized carbons (Fsp3) is 0.167. The molecule has 1 aromatic carbocycles. The molecule has 0 fully saturated rings. The number of anilines is 1. The third-order valence-electron chi connectivity index (χ3n) is 2.46. The topological polar surface area (TPSA) is 108 Å². The van der Waals surface area contributed by atoms with Crippen molar-refractivity contribution in [2.24, 2.45) is 0 Å². The first-order valence-corrected chi connectivity index (χ1v) is 8.07. The number of ether oxygens (including phenoxy) is 2. The van der Waals surface area contributed by atoms with Gasteiger partial charge >= 0.3 is 11.9 Å². The van der Waals surface area contributed by atoms with E-state index in [9.17, 15) is 19.7 Å². The van der Waals surface area contributed by atoms with Crippen molar-refractivity contribution in [1.29, 1.82) is 0 Å². The molecule has 0 atom stereocenters. The van der Waals surface area contributed by atoms with Crippen LogP contribution in [0.15, 0.2) is 31.3 Å². The zero-order chi connectivity index (χ0) is 17.7. The first kappa shape index (κ1) is 19.6. The van der Waals surface area contributed by atoms with Gasteiger partial charge in [0, 0.05) is 4.47 Å². The van der Waals surface area contributed by atoms with E-state index in [1.165, 1.54) is 6.07 Å². The van der Waals surface area contributed by atoms with Gasteiger partial charge in [0.05, 0.1) is 35.4 Å². The Morgan fingerprint density at radius 1 is 1.22 bits per heavy atom. The van der Waals surface area contributed by atoms with E-state index in [4.69, 9.17) is 0 Å². The lowest BCUT2D eigenvalue weighted by Gasteiger charge is -2.13. The van der Waals surface area contributed by atoms with Crippen molar-refractivity contribution in [3.05, 3.63) is 41.4 Å². The highest BCUT2D eigenvalue weighted by Gasteiger charge is 2.25. The molecule has 1 rings (SSSR count). The zero-order valence-electron chi connectivity index (χ0n) is 11.7. The largest absolute Gasteiger partial charge is 0.466 e. The fourth-order valence-electron chi connectivity index (χ4n) is 1.43. The summed E-state index contributed by atoms with van der Waals surface area (Å²) in [4.78, 5) is 33.6. The van der Waals surface area contributed by atoms with E-state index < -0.39 is 16.9 Å². The van der Waals surface area contributed by atoms with Gasteiger partial charge in [-0.15, -0.1) is 0 Å². The normalized spacial score (nSPS) is 10.9. The number of nitrogens with zero attached hydrogens (tertiary/aromatic N) is 1. The lowest BCUT2D eigenvalue weighted by atomic mass is 10.2. The highest BCUT2D eigenvalue weighted by atomic mass is 79.9. The molecule has 8 nitrogen and oxygen atoms in total. The molecule has 23 heavy (non-hydrogen) atoms. The molecule has 0 saturated heterocycles. The maximum Gasteiger partial charge on any atom is 0.354 e. The summed E-state index contributed by atoms with van der Waals surface area (Å²) in [7, 11) is 2.27. The molecule has 1 aromatic rings. The number of hydrogen-bond acceptors (Lipinski definition) is 7. The van der Waals surface area contributed by atoms with Crippen molar-refractivity contribution in [3.63, 3.8) is 0 Å². The Hall–Kier alpha value is -1.46. The van der Waals surface area contributed by atoms with Crippen LogP contribution < -0.4 is 5.32 Å². The fourth-order valence-corrected chi connectivity index (χ4v) is 4.04. The number of benzene rings is 1. The molecular weight excluding hydrogens is 508 g/mol. The molecule has 0 amide bonds. The number of nitro groups is 1. The Morgan fingerprint density at radius 2 is 1.83 bits per heavy atom. The van der Waals surface area contributed by atoms with E-state index in [2.05, 4.69) is 62.6 Å². The van der Waals surface area contributed by atoms with E-state index in [0.717, 1.165) is 20.3 Å². The molecule has 0 unspecified atom stereocenters. The standard InChI is InChI=1S/C12H9Br3N2O6/c1-22-8(18)4-7(12(19)23-2)16-10-5(13)3-6(14)11(9(10)15)17(20)21/h3-4,16H,1-2H3/b7-4+. The van der Waals surface area contributed by atoms with Crippen molar-refractivity contribution in [2.45, 2.75) is 0 Å². The number of rotatable bonds is 5. The second kappa shape index (κ2) is 8.41. The van der Waals surface area contributed by atoms with Crippen LogP contribution >= 0.6 is 47.8 Å². The minimum atomic E-state index is -0.847. The molecule has 0 aliphatic carbocycles. The number of halogens is 3. The summed E-state index contributed by atoms with van der Waals surface area (Å²) >= 11 is 9.41. The van der Waals surface area contributed by atoms with Crippen molar-refractivity contribution < 1.29 is 24.0 Å². The van der Waals surface area contributed by atoms with Crippen LogP contribution in [0.4, 0.5) is 11.4 Å². The molecule has 0 spiro atoms. The van der Waals surface area contributed by atoms with Crippen LogP contribution in [0.2, 0.25) is 0 Å². The van der Waals surface area contributed by atoms with Gasteiger partial charge in [-0.25, -0.2) is 9.59 Å². The van der Waals surface area contributed by atoms with Crippen LogP contribution in [0.3, 0.4) is 0 Å². The molecule has 0 radical (unpaired) electrons. The number of methoxy groups -OCH3 is 2. The van der Waals surface area contributed by atoms with E-state index in [1.807, 2.05) is 0 Å². The van der Waals surface area contributed by atoms with Crippen LogP contribution in [0, 0.1) is 10.1 Å². The third kappa shape index (κ3) is 4.75. The van der Waals surface area contributed by atoms with Gasteiger partial charge in [0.2, 0.25) is 0 Å². The molecule has 0 aliphatic rings. The third-order valence-corrected chi connectivity index (χ3v) is 4.46. The maximum atomic E-state index is 11.7. The second-order valence-corrected chi connectivity index (χ2v) is 6.33. The lowest BCUT2D eigenvalue weighted by Crippen LogP contribution is -2.16. The Bertz CT molecular complexity index is 705. The Morgan fingerprint density at radius 3 is 2.30 bits per heavy atom. The smallest absolute Gasteiger partial charge is 0.354 e. The molecule has 124 valence electrons. The molecule has 0 aromatic heterocycles. The van der Waals surface area contributed by atoms with Gasteiger partial charge in [-0.1, -0.05) is 0 Å². The van der Waals surface area contributed by atoms with Crippen molar-refractivity contribution in [3.8, 4) is 0 Å². The summed E-state index contributed by atoms with van der Waals surface area (Å²) in [6.45, 7) is 0. The number of carbonyl (C=O) groups excluding carboxylic acids is 2. The van der Waals surface area contributed by atoms with E-state index in [1.54, 1.807) is 0 Å². The van der Waals surface area contributed by atoms with Gasteiger partial charge in [-0.05, 0) is 53.9 Å². The van der Waals surface area contributed by atoms with Gasteiger partial charge in [-0.2, -0.15) is 0 Å². The maximum absolute atomic E-state index is 11.7. The predicted octanol–water partition coefficient (Wildman–Crippen LogP) is 3.52. The number of hydrogen-bond donors (Lipinski definition) is 1. The van der Waals surface area contributed by atoms with Gasteiger partial charge in [0.15, 0.2) is 0 Å². The molecule has 11 heteroatoms. The average molecular weight is 517 g/mol. The second-order valence-electron chi connectivity index (χ2n) is 3.83. The number of carbonyl (C=O) groups is 2. The van der Waals surface area contributed by atoms with Crippen LogP contribution in [-0.2, 0) is 19.1 Å². The summed E-state index contributed by atoms with van der Waals surface area (Å²) in [5.74, 6) is -1.64. The van der Waals surface area contributed by atoms with Crippen molar-refractivity contribution in [2.75, 3.05) is 19.5 Å². The summed E-state index contributed by atoms with van der Waals surface area (Å²) < 4.78 is 9.71. The minimum absolute atomic E-state index is 0.0726. The Kier molecular flexibility index (Phi) is 7.16. The van der Waals surface area contributed by atoms with E-state index >= 15 is 0 Å². The minimum Gasteiger partial charge on any atom is -0.466 e. The summed E-state index contributed by atoms with van der Waals surface area (Å²) in [5.41, 5.74) is -0.337. The number of nitrogens with one attached hydrogen (secondary N) is 1. The lowest BCUT2D eigenvalue weighted by molar-refractivity contribution is -0.386. The van der Waals surface area contributed by atoms with Crippen molar-refractivity contribution in [1.82, 2.24) is 0 Å². The molecule has 0 saturated carbocycles. The molecule has 0 heterocycles. The summed E-state index contributed by atoms with van der Waals surface area (Å²) in [6.07, 6.45) is 0.874. The van der Waals surface area contributed by atoms with Gasteiger partial charge in [0.1, 0.15) is 10.2 Å². The number of esters is 2. The summed E-state index contributed by atoms with van der Waals surface area (Å²) in [5, 5.41) is 13.7. The van der Waals surface area contributed by atoms with Crippen LogP contribution in [0.25, 0.3) is 0 Å². The Labute approximate surface area is 155 Å². The SMILES string of the molecule is COC(=O)/C=C(/Nc1c(Br)cc(Br)c([N+](=O)[O-])c1Br)C(=O)OC. The van der Waals surface area contributed by atoms with Crippen LogP contribution in [-0.4, -0.2) is 31.1 Å². The van der Waals surface area contributed by atoms with Gasteiger partial charge in [-0.3, -0.25) is 10.1 Å². The number of nitro benzene ring substituents is 1. The molecular formula is C12H9Br3N2O6. The van der Waals surface area contributed by atoms with Crippen LogP contribution in [0.1, 0.15) is 0 Å². The van der Waals surface area contributed by atoms with E-state index in [-0.39, 0.29) is 26.0 Å².